The van der Waals surface area contributed by atoms with E-state index in [-0.39, 0.29) is 6.03 Å². The number of aromatic nitrogens is 3. The fraction of sp³-hybridized carbons (Fsp3) is 0.526. The molecule has 0 spiro atoms. The van der Waals surface area contributed by atoms with Crippen molar-refractivity contribution in [3.63, 3.8) is 0 Å². The number of benzene rings is 1. The van der Waals surface area contributed by atoms with Gasteiger partial charge >= 0.3 is 6.03 Å². The number of carbonyl (C=O) groups excluding carboxylic acids is 1. The minimum atomic E-state index is -0.122. The molecule has 1 saturated heterocycles. The number of hydrogen-bond donors (Lipinski definition) is 2. The zero-order valence-corrected chi connectivity index (χ0v) is 15.6. The van der Waals surface area contributed by atoms with Crippen LogP contribution in [0.4, 0.5) is 4.79 Å². The van der Waals surface area contributed by atoms with Crippen LogP contribution in [0.25, 0.3) is 5.69 Å². The fourth-order valence-corrected chi connectivity index (χ4v) is 3.66. The van der Waals surface area contributed by atoms with Crippen molar-refractivity contribution in [1.29, 1.82) is 0 Å². The third-order valence-electron chi connectivity index (χ3n) is 4.73. The van der Waals surface area contributed by atoms with Crippen LogP contribution in [0.2, 0.25) is 0 Å². The van der Waals surface area contributed by atoms with Gasteiger partial charge in [0.05, 0.1) is 5.69 Å². The molecular formula is C19H28N6O. The van der Waals surface area contributed by atoms with Crippen LogP contribution < -0.4 is 10.6 Å². The van der Waals surface area contributed by atoms with Gasteiger partial charge in [-0.05, 0) is 36.0 Å². The molecule has 0 saturated carbocycles. The molecule has 7 nitrogen and oxygen atoms in total. The average molecular weight is 356 g/mol. The first-order valence-electron chi connectivity index (χ1n) is 9.28. The number of nitrogens with one attached hydrogen (secondary N) is 2. The van der Waals surface area contributed by atoms with E-state index in [1.54, 1.807) is 11.0 Å². The Bertz CT molecular complexity index is 675. The van der Waals surface area contributed by atoms with E-state index in [9.17, 15) is 4.79 Å². The predicted molar refractivity (Wildman–Crippen MR) is 101 cm³/mol. The van der Waals surface area contributed by atoms with Crippen molar-refractivity contribution in [2.24, 2.45) is 11.8 Å². The van der Waals surface area contributed by atoms with Gasteiger partial charge in [-0.2, -0.15) is 5.10 Å². The number of piperidine rings is 1. The van der Waals surface area contributed by atoms with E-state index in [2.05, 4.69) is 39.5 Å². The molecule has 1 aromatic heterocycles. The van der Waals surface area contributed by atoms with Crippen LogP contribution in [0.1, 0.15) is 25.8 Å². The molecule has 0 aliphatic carbocycles. The number of carbonyl (C=O) groups is 1. The summed E-state index contributed by atoms with van der Waals surface area (Å²) in [5, 5.41) is 9.95. The van der Waals surface area contributed by atoms with Crippen molar-refractivity contribution in [3.8, 4) is 5.69 Å². The minimum absolute atomic E-state index is 0.122. The highest BCUT2D eigenvalue weighted by molar-refractivity contribution is 5.73. The number of hydrogen-bond acceptors (Lipinski definition) is 4. The van der Waals surface area contributed by atoms with Gasteiger partial charge in [-0.1, -0.05) is 26.0 Å². The lowest BCUT2D eigenvalue weighted by molar-refractivity contribution is 0.142. The maximum Gasteiger partial charge on any atom is 0.315 e. The molecule has 1 fully saturated rings. The van der Waals surface area contributed by atoms with Gasteiger partial charge in [-0.15, -0.1) is 0 Å². The predicted octanol–water partition coefficient (Wildman–Crippen LogP) is 2.04. The Balaban J connectivity index is 1.36. The number of urea groups is 1. The maximum atomic E-state index is 12.0. The van der Waals surface area contributed by atoms with Crippen molar-refractivity contribution in [3.05, 3.63) is 42.5 Å². The Hall–Kier alpha value is -2.41. The van der Waals surface area contributed by atoms with E-state index in [4.69, 9.17) is 0 Å². The van der Waals surface area contributed by atoms with Crippen LogP contribution in [-0.4, -0.2) is 51.9 Å². The first kappa shape index (κ1) is 18.4. The molecule has 0 radical (unpaired) electrons. The summed E-state index contributed by atoms with van der Waals surface area (Å²) in [4.78, 5) is 18.4. The van der Waals surface area contributed by atoms with Gasteiger partial charge in [0.25, 0.3) is 0 Å². The summed E-state index contributed by atoms with van der Waals surface area (Å²) in [6.07, 6.45) is 4.47. The summed E-state index contributed by atoms with van der Waals surface area (Å²) in [5.41, 5.74) is 1.99. The fourth-order valence-electron chi connectivity index (χ4n) is 3.66. The second-order valence-electron chi connectivity index (χ2n) is 7.32. The summed E-state index contributed by atoms with van der Waals surface area (Å²) < 4.78 is 1.70. The van der Waals surface area contributed by atoms with E-state index in [0.717, 1.165) is 42.7 Å². The molecule has 0 bridgehead atoms. The van der Waals surface area contributed by atoms with E-state index in [1.807, 2.05) is 24.3 Å². The van der Waals surface area contributed by atoms with E-state index in [1.165, 1.54) is 12.7 Å². The molecule has 2 aromatic rings. The Kier molecular flexibility index (Phi) is 6.22. The monoisotopic (exact) mass is 356 g/mol. The second-order valence-corrected chi connectivity index (χ2v) is 7.32. The van der Waals surface area contributed by atoms with Gasteiger partial charge in [0.2, 0.25) is 0 Å². The van der Waals surface area contributed by atoms with Crippen molar-refractivity contribution >= 4 is 6.03 Å². The molecular weight excluding hydrogens is 328 g/mol. The molecule has 2 amide bonds. The topological polar surface area (TPSA) is 75.1 Å². The summed E-state index contributed by atoms with van der Waals surface area (Å²) >= 11 is 0. The zero-order chi connectivity index (χ0) is 18.4. The SMILES string of the molecule is CC1CC(C)CN(CCNC(=O)NCc2ccc(-n3cncn3)cc2)C1. The van der Waals surface area contributed by atoms with Crippen molar-refractivity contribution in [2.75, 3.05) is 26.2 Å². The average Bonchev–Trinajstić information content (AvgIpc) is 3.14. The molecule has 2 unspecified atom stereocenters. The molecule has 2 atom stereocenters. The lowest BCUT2D eigenvalue weighted by Gasteiger charge is -2.34. The minimum Gasteiger partial charge on any atom is -0.337 e. The highest BCUT2D eigenvalue weighted by Crippen LogP contribution is 2.20. The molecule has 1 aliphatic heterocycles. The second kappa shape index (κ2) is 8.80. The highest BCUT2D eigenvalue weighted by atomic mass is 16.2. The van der Waals surface area contributed by atoms with Crippen molar-refractivity contribution in [2.45, 2.75) is 26.8 Å². The van der Waals surface area contributed by atoms with Gasteiger partial charge < -0.3 is 15.5 Å². The molecule has 1 aromatic carbocycles. The van der Waals surface area contributed by atoms with Gasteiger partial charge in [0.1, 0.15) is 12.7 Å². The summed E-state index contributed by atoms with van der Waals surface area (Å²) in [6.45, 7) is 8.96. The Morgan fingerprint density at radius 2 is 1.88 bits per heavy atom. The normalized spacial score (nSPS) is 20.7. The third kappa shape index (κ3) is 5.29. The van der Waals surface area contributed by atoms with Crippen LogP contribution in [0, 0.1) is 11.8 Å². The third-order valence-corrected chi connectivity index (χ3v) is 4.73. The zero-order valence-electron chi connectivity index (χ0n) is 15.6. The smallest absolute Gasteiger partial charge is 0.315 e. The van der Waals surface area contributed by atoms with Crippen molar-refractivity contribution in [1.82, 2.24) is 30.3 Å². The standard InChI is InChI=1S/C19H28N6O/c1-15-9-16(2)12-24(11-15)8-7-21-19(26)22-10-17-3-5-18(6-4-17)25-14-20-13-23-25/h3-6,13-16H,7-12H2,1-2H3,(H2,21,22,26). The molecule has 3 rings (SSSR count). The molecule has 2 N–H and O–H groups in total. The number of likely N-dealkylation sites (tertiary alicyclic amines) is 1. The maximum absolute atomic E-state index is 12.0. The van der Waals surface area contributed by atoms with Crippen LogP contribution in [0.5, 0.6) is 0 Å². The quantitative estimate of drug-likeness (QED) is 0.831. The Morgan fingerprint density at radius 3 is 2.54 bits per heavy atom. The summed E-state index contributed by atoms with van der Waals surface area (Å²) in [7, 11) is 0. The van der Waals surface area contributed by atoms with E-state index in [0.29, 0.717) is 13.1 Å². The first-order chi connectivity index (χ1) is 12.6. The first-order valence-corrected chi connectivity index (χ1v) is 9.28. The van der Waals surface area contributed by atoms with E-state index >= 15 is 0 Å². The van der Waals surface area contributed by atoms with Crippen LogP contribution >= 0.6 is 0 Å². The summed E-state index contributed by atoms with van der Waals surface area (Å²) in [6, 6.07) is 7.76. The highest BCUT2D eigenvalue weighted by Gasteiger charge is 2.21. The van der Waals surface area contributed by atoms with Crippen molar-refractivity contribution < 1.29 is 4.79 Å². The van der Waals surface area contributed by atoms with E-state index < -0.39 is 0 Å². The number of nitrogens with zero attached hydrogens (tertiary/aromatic N) is 4. The molecule has 7 heteroatoms. The van der Waals surface area contributed by atoms with Gasteiger partial charge in [0.15, 0.2) is 0 Å². The lowest BCUT2D eigenvalue weighted by atomic mass is 9.92. The summed E-state index contributed by atoms with van der Waals surface area (Å²) in [5.74, 6) is 1.49. The molecule has 1 aliphatic rings. The van der Waals surface area contributed by atoms with Crippen LogP contribution in [0.3, 0.4) is 0 Å². The molecule has 2 heterocycles. The number of rotatable bonds is 6. The largest absolute Gasteiger partial charge is 0.337 e. The Morgan fingerprint density at radius 1 is 1.15 bits per heavy atom. The van der Waals surface area contributed by atoms with Crippen LogP contribution in [0.15, 0.2) is 36.9 Å². The Labute approximate surface area is 154 Å². The van der Waals surface area contributed by atoms with Gasteiger partial charge in [-0.25, -0.2) is 14.5 Å². The molecule has 26 heavy (non-hydrogen) atoms. The van der Waals surface area contributed by atoms with Crippen LogP contribution in [-0.2, 0) is 6.54 Å². The van der Waals surface area contributed by atoms with Gasteiger partial charge in [0, 0.05) is 32.7 Å². The van der Waals surface area contributed by atoms with Gasteiger partial charge in [-0.3, -0.25) is 0 Å². The number of amides is 2. The lowest BCUT2D eigenvalue weighted by Crippen LogP contribution is -2.44. The molecule has 140 valence electrons.